The molecule has 0 aromatic rings. The Morgan fingerprint density at radius 3 is 1.00 bits per heavy atom. The zero-order valence-electron chi connectivity index (χ0n) is 18.0. The topological polar surface area (TPSA) is 18.5 Å². The normalized spacial score (nSPS) is 12.0. The lowest BCUT2D eigenvalue weighted by Crippen LogP contribution is -2.39. The van der Waals surface area contributed by atoms with E-state index < -0.39 is 8.56 Å². The molecule has 0 bridgehead atoms. The highest BCUT2D eigenvalue weighted by Gasteiger charge is 2.33. The maximum absolute atomic E-state index is 5.91. The van der Waals surface area contributed by atoms with Gasteiger partial charge in [0, 0.05) is 14.2 Å². The molecule has 0 unspecified atom stereocenters. The predicted octanol–water partition coefficient (Wildman–Crippen LogP) is 8.00. The molecule has 0 saturated carbocycles. The summed E-state index contributed by atoms with van der Waals surface area (Å²) in [6.07, 6.45) is 22.1. The molecule has 0 saturated heterocycles. The summed E-state index contributed by atoms with van der Waals surface area (Å²) in [5.41, 5.74) is 0. The van der Waals surface area contributed by atoms with Crippen molar-refractivity contribution in [2.24, 2.45) is 0 Å². The summed E-state index contributed by atoms with van der Waals surface area (Å²) in [7, 11) is 1.85. The molecule has 25 heavy (non-hydrogen) atoms. The van der Waals surface area contributed by atoms with Crippen LogP contribution >= 0.6 is 0 Å². The fourth-order valence-electron chi connectivity index (χ4n) is 3.67. The third-order valence-corrected chi connectivity index (χ3v) is 9.29. The van der Waals surface area contributed by atoms with Crippen molar-refractivity contribution in [2.75, 3.05) is 14.2 Å². The Morgan fingerprint density at radius 2 is 0.720 bits per heavy atom. The summed E-state index contributed by atoms with van der Waals surface area (Å²) in [6, 6.07) is 2.37. The minimum Gasteiger partial charge on any atom is -0.398 e. The maximum Gasteiger partial charge on any atom is 0.337 e. The van der Waals surface area contributed by atoms with E-state index in [1.54, 1.807) is 0 Å². The number of rotatable bonds is 20. The van der Waals surface area contributed by atoms with Gasteiger partial charge in [0.15, 0.2) is 0 Å². The molecule has 0 fully saturated rings. The number of hydrogen-bond donors (Lipinski definition) is 0. The Balaban J connectivity index is 3.66. The Labute approximate surface area is 160 Å². The zero-order valence-corrected chi connectivity index (χ0v) is 19.0. The van der Waals surface area contributed by atoms with Crippen LogP contribution in [0.3, 0.4) is 0 Å². The van der Waals surface area contributed by atoms with Crippen LogP contribution in [0, 0.1) is 0 Å². The molecule has 0 atom stereocenters. The second kappa shape index (κ2) is 18.9. The SMILES string of the molecule is CCCCCCCCCCCC[Si](CCCCCCCC)(OC)OC. The van der Waals surface area contributed by atoms with Crippen molar-refractivity contribution in [3.63, 3.8) is 0 Å². The molecule has 0 N–H and O–H groups in total. The second-order valence-corrected chi connectivity index (χ2v) is 11.4. The van der Waals surface area contributed by atoms with Crippen LogP contribution in [0.25, 0.3) is 0 Å². The molecular weight excluding hydrogens is 324 g/mol. The first-order chi connectivity index (χ1) is 12.2. The van der Waals surface area contributed by atoms with Crippen molar-refractivity contribution >= 4 is 8.56 Å². The van der Waals surface area contributed by atoms with Crippen molar-refractivity contribution in [3.05, 3.63) is 0 Å². The highest BCUT2D eigenvalue weighted by Crippen LogP contribution is 2.25. The average Bonchev–Trinajstić information content (AvgIpc) is 2.64. The Morgan fingerprint density at radius 1 is 0.440 bits per heavy atom. The molecule has 0 aromatic carbocycles. The monoisotopic (exact) mass is 372 g/mol. The van der Waals surface area contributed by atoms with Gasteiger partial charge < -0.3 is 8.85 Å². The van der Waals surface area contributed by atoms with Crippen LogP contribution in [0.15, 0.2) is 0 Å². The van der Waals surface area contributed by atoms with Crippen LogP contribution in [-0.4, -0.2) is 22.8 Å². The molecule has 0 heterocycles. The summed E-state index contributed by atoms with van der Waals surface area (Å²) < 4.78 is 11.8. The van der Waals surface area contributed by atoms with E-state index in [-0.39, 0.29) is 0 Å². The molecule has 0 amide bonds. The van der Waals surface area contributed by atoms with Crippen LogP contribution in [0.2, 0.25) is 12.1 Å². The molecule has 152 valence electrons. The van der Waals surface area contributed by atoms with Crippen molar-refractivity contribution in [2.45, 2.75) is 129 Å². The second-order valence-electron chi connectivity index (χ2n) is 7.77. The molecule has 0 aromatic heterocycles. The van der Waals surface area contributed by atoms with Gasteiger partial charge in [0.2, 0.25) is 0 Å². The summed E-state index contributed by atoms with van der Waals surface area (Å²) in [5.74, 6) is 0. The van der Waals surface area contributed by atoms with Gasteiger partial charge in [-0.15, -0.1) is 0 Å². The average molecular weight is 373 g/mol. The van der Waals surface area contributed by atoms with E-state index in [2.05, 4.69) is 13.8 Å². The molecule has 2 nitrogen and oxygen atoms in total. The zero-order chi connectivity index (χ0) is 18.6. The predicted molar refractivity (Wildman–Crippen MR) is 115 cm³/mol. The lowest BCUT2D eigenvalue weighted by Gasteiger charge is -2.27. The fourth-order valence-corrected chi connectivity index (χ4v) is 6.48. The van der Waals surface area contributed by atoms with Crippen LogP contribution in [0.4, 0.5) is 0 Å². The van der Waals surface area contributed by atoms with Gasteiger partial charge in [-0.2, -0.15) is 0 Å². The Bertz CT molecular complexity index is 254. The molecule has 0 aliphatic carbocycles. The fraction of sp³-hybridized carbons (Fsp3) is 1.00. The standard InChI is InChI=1S/C22H48O2Si/c1-5-7-9-11-13-14-15-16-18-20-22-25(23-3,24-4)21-19-17-12-10-8-6-2/h5-22H2,1-4H3. The molecule has 0 aliphatic heterocycles. The van der Waals surface area contributed by atoms with Crippen molar-refractivity contribution in [1.29, 1.82) is 0 Å². The van der Waals surface area contributed by atoms with E-state index in [0.29, 0.717) is 0 Å². The minimum absolute atomic E-state index is 1.18. The highest BCUT2D eigenvalue weighted by atomic mass is 28.4. The first-order valence-corrected chi connectivity index (χ1v) is 13.6. The third-order valence-electron chi connectivity index (χ3n) is 5.57. The van der Waals surface area contributed by atoms with Gasteiger partial charge in [0.25, 0.3) is 0 Å². The number of unbranched alkanes of at least 4 members (excludes halogenated alkanes) is 14. The molecular formula is C22H48O2Si. The van der Waals surface area contributed by atoms with Gasteiger partial charge in [-0.05, 0) is 12.1 Å². The third kappa shape index (κ3) is 14.9. The summed E-state index contributed by atoms with van der Waals surface area (Å²) in [4.78, 5) is 0. The van der Waals surface area contributed by atoms with Crippen LogP contribution in [-0.2, 0) is 8.85 Å². The lowest BCUT2D eigenvalue weighted by atomic mass is 10.1. The van der Waals surface area contributed by atoms with Gasteiger partial charge in [0.05, 0.1) is 0 Å². The number of hydrogen-bond acceptors (Lipinski definition) is 2. The van der Waals surface area contributed by atoms with E-state index in [4.69, 9.17) is 8.85 Å². The van der Waals surface area contributed by atoms with Crippen molar-refractivity contribution in [3.8, 4) is 0 Å². The lowest BCUT2D eigenvalue weighted by molar-refractivity contribution is 0.238. The maximum atomic E-state index is 5.91. The van der Waals surface area contributed by atoms with Crippen LogP contribution in [0.5, 0.6) is 0 Å². The first kappa shape index (κ1) is 25.1. The summed E-state index contributed by atoms with van der Waals surface area (Å²) >= 11 is 0. The Kier molecular flexibility index (Phi) is 19.0. The smallest absolute Gasteiger partial charge is 0.337 e. The van der Waals surface area contributed by atoms with Crippen LogP contribution < -0.4 is 0 Å². The molecule has 3 heteroatoms. The molecule has 0 rings (SSSR count). The summed E-state index contributed by atoms with van der Waals surface area (Å²) in [6.45, 7) is 4.57. The molecule has 0 radical (unpaired) electrons. The van der Waals surface area contributed by atoms with Gasteiger partial charge in [-0.25, -0.2) is 0 Å². The Hall–Kier alpha value is 0.137. The molecule has 0 aliphatic rings. The largest absolute Gasteiger partial charge is 0.398 e. The van der Waals surface area contributed by atoms with Crippen molar-refractivity contribution < 1.29 is 8.85 Å². The van der Waals surface area contributed by atoms with E-state index >= 15 is 0 Å². The van der Waals surface area contributed by atoms with Gasteiger partial charge in [-0.1, -0.05) is 117 Å². The molecule has 0 spiro atoms. The van der Waals surface area contributed by atoms with Crippen LogP contribution in [0.1, 0.15) is 117 Å². The van der Waals surface area contributed by atoms with Gasteiger partial charge in [-0.3, -0.25) is 0 Å². The minimum atomic E-state index is -1.90. The van der Waals surface area contributed by atoms with E-state index in [1.807, 2.05) is 14.2 Å². The highest BCUT2D eigenvalue weighted by molar-refractivity contribution is 6.67. The quantitative estimate of drug-likeness (QED) is 0.159. The first-order valence-electron chi connectivity index (χ1n) is 11.3. The van der Waals surface area contributed by atoms with E-state index in [1.165, 1.54) is 115 Å². The van der Waals surface area contributed by atoms with E-state index in [0.717, 1.165) is 0 Å². The van der Waals surface area contributed by atoms with Gasteiger partial charge in [0.1, 0.15) is 0 Å². The van der Waals surface area contributed by atoms with E-state index in [9.17, 15) is 0 Å². The van der Waals surface area contributed by atoms with Gasteiger partial charge >= 0.3 is 8.56 Å². The summed E-state index contributed by atoms with van der Waals surface area (Å²) in [5, 5.41) is 0. The van der Waals surface area contributed by atoms with Crippen molar-refractivity contribution in [1.82, 2.24) is 0 Å².